The van der Waals surface area contributed by atoms with E-state index >= 15 is 0 Å². The first-order chi connectivity index (χ1) is 15.1. The van der Waals surface area contributed by atoms with Crippen molar-refractivity contribution in [2.75, 3.05) is 47.7 Å². The van der Waals surface area contributed by atoms with Gasteiger partial charge in [-0.25, -0.2) is 13.4 Å². The number of carbonyl (C=O) groups is 1. The number of amides is 1. The summed E-state index contributed by atoms with van der Waals surface area (Å²) in [5.74, 6) is 0.0762. The van der Waals surface area contributed by atoms with E-state index in [9.17, 15) is 26.4 Å². The van der Waals surface area contributed by atoms with Gasteiger partial charge in [-0.15, -0.1) is 0 Å². The molecular weight excluding hydrogens is 445 g/mol. The van der Waals surface area contributed by atoms with E-state index in [0.717, 1.165) is 6.07 Å². The van der Waals surface area contributed by atoms with E-state index < -0.39 is 21.8 Å². The van der Waals surface area contributed by atoms with Gasteiger partial charge in [-0.2, -0.15) is 13.2 Å². The number of hydrogen-bond acceptors (Lipinski definition) is 5. The second kappa shape index (κ2) is 8.27. The molecule has 0 bridgehead atoms. The second-order valence-electron chi connectivity index (χ2n) is 7.94. The first kappa shape index (κ1) is 22.4. The number of aryl methyl sites for hydroxylation is 1. The highest BCUT2D eigenvalue weighted by molar-refractivity contribution is 7.93. The summed E-state index contributed by atoms with van der Waals surface area (Å²) in [6.45, 7) is 3.07. The Morgan fingerprint density at radius 2 is 1.75 bits per heavy atom. The quantitative estimate of drug-likeness (QED) is 0.693. The molecule has 0 aliphatic carbocycles. The predicted octanol–water partition coefficient (Wildman–Crippen LogP) is 2.91. The molecule has 1 aromatic carbocycles. The van der Waals surface area contributed by atoms with Crippen molar-refractivity contribution >= 4 is 27.4 Å². The molecule has 3 heterocycles. The minimum atomic E-state index is -4.45. The maximum absolute atomic E-state index is 13.5. The summed E-state index contributed by atoms with van der Waals surface area (Å²) in [7, 11) is -3.35. The summed E-state index contributed by atoms with van der Waals surface area (Å²) >= 11 is 0. The molecule has 172 valence electrons. The fourth-order valence-corrected chi connectivity index (χ4v) is 5.56. The lowest BCUT2D eigenvalue weighted by Gasteiger charge is -2.37. The van der Waals surface area contributed by atoms with Crippen LogP contribution in [0.2, 0.25) is 0 Å². The number of pyridine rings is 1. The van der Waals surface area contributed by atoms with Crippen molar-refractivity contribution in [3.05, 3.63) is 53.2 Å². The minimum absolute atomic E-state index is 0.0800. The highest BCUT2D eigenvalue weighted by atomic mass is 32.2. The summed E-state index contributed by atoms with van der Waals surface area (Å²) in [5, 5.41) is 0. The molecule has 2 aromatic rings. The van der Waals surface area contributed by atoms with Crippen molar-refractivity contribution in [2.45, 2.75) is 19.5 Å². The van der Waals surface area contributed by atoms with E-state index in [0.29, 0.717) is 24.1 Å². The number of carbonyl (C=O) groups excluding carboxylic acids is 1. The van der Waals surface area contributed by atoms with Crippen LogP contribution in [0.3, 0.4) is 0 Å². The zero-order valence-electron chi connectivity index (χ0n) is 17.5. The molecule has 1 aromatic heterocycles. The Kier molecular flexibility index (Phi) is 5.78. The van der Waals surface area contributed by atoms with Gasteiger partial charge in [0.25, 0.3) is 5.91 Å². The lowest BCUT2D eigenvalue weighted by Crippen LogP contribution is -2.49. The van der Waals surface area contributed by atoms with Gasteiger partial charge < -0.3 is 9.80 Å². The normalized spacial score (nSPS) is 18.8. The molecule has 1 amide bonds. The lowest BCUT2D eigenvalue weighted by atomic mass is 10.1. The number of benzene rings is 1. The largest absolute Gasteiger partial charge is 0.418 e. The molecule has 7 nitrogen and oxygen atoms in total. The Bertz CT molecular complexity index is 1110. The van der Waals surface area contributed by atoms with Gasteiger partial charge in [0.2, 0.25) is 10.0 Å². The molecule has 0 unspecified atom stereocenters. The number of nitrogens with zero attached hydrogens (tertiary/aromatic N) is 4. The minimum Gasteiger partial charge on any atom is -0.367 e. The van der Waals surface area contributed by atoms with Crippen molar-refractivity contribution in [1.29, 1.82) is 0 Å². The molecule has 11 heteroatoms. The molecular formula is C21H23F3N4O3S. The lowest BCUT2D eigenvalue weighted by molar-refractivity contribution is -0.137. The zero-order chi connectivity index (χ0) is 23.1. The van der Waals surface area contributed by atoms with Crippen molar-refractivity contribution in [3.63, 3.8) is 0 Å². The average molecular weight is 469 g/mol. The Labute approximate surface area is 184 Å². The number of piperazine rings is 1. The predicted molar refractivity (Wildman–Crippen MR) is 114 cm³/mol. The summed E-state index contributed by atoms with van der Waals surface area (Å²) in [5.41, 5.74) is 0.291. The average Bonchev–Trinajstić information content (AvgIpc) is 3.12. The van der Waals surface area contributed by atoms with Gasteiger partial charge in [-0.05, 0) is 37.6 Å². The molecule has 0 atom stereocenters. The van der Waals surface area contributed by atoms with Gasteiger partial charge in [-0.1, -0.05) is 11.6 Å². The summed E-state index contributed by atoms with van der Waals surface area (Å²) in [6, 6.07) is 7.31. The second-order valence-corrected chi connectivity index (χ2v) is 9.96. The van der Waals surface area contributed by atoms with Gasteiger partial charge in [0, 0.05) is 44.6 Å². The Morgan fingerprint density at radius 3 is 2.31 bits per heavy atom. The summed E-state index contributed by atoms with van der Waals surface area (Å²) in [4.78, 5) is 20.2. The molecule has 2 saturated heterocycles. The molecule has 0 saturated carbocycles. The zero-order valence-corrected chi connectivity index (χ0v) is 18.3. The van der Waals surface area contributed by atoms with Crippen LogP contribution in [0.4, 0.5) is 24.7 Å². The van der Waals surface area contributed by atoms with Crippen molar-refractivity contribution in [1.82, 2.24) is 9.88 Å². The Balaban J connectivity index is 1.43. The van der Waals surface area contributed by atoms with Crippen LogP contribution in [0.15, 0.2) is 36.5 Å². The van der Waals surface area contributed by atoms with Crippen LogP contribution in [0, 0.1) is 6.92 Å². The maximum Gasteiger partial charge on any atom is 0.418 e. The smallest absolute Gasteiger partial charge is 0.367 e. The number of hydrogen-bond donors (Lipinski definition) is 0. The van der Waals surface area contributed by atoms with Crippen molar-refractivity contribution in [3.8, 4) is 0 Å². The van der Waals surface area contributed by atoms with Crippen LogP contribution in [0.25, 0.3) is 0 Å². The highest BCUT2D eigenvalue weighted by Gasteiger charge is 2.36. The number of aromatic nitrogens is 1. The molecule has 2 aliphatic heterocycles. The highest BCUT2D eigenvalue weighted by Crippen LogP contribution is 2.37. The fourth-order valence-electron chi connectivity index (χ4n) is 4.04. The van der Waals surface area contributed by atoms with E-state index in [2.05, 4.69) is 4.98 Å². The Hall–Kier alpha value is -2.82. The monoisotopic (exact) mass is 468 g/mol. The maximum atomic E-state index is 13.5. The SMILES string of the molecule is Cc1ccc(N2CCN(C(=O)c3ccc(N4CCCS4(=O)=O)nc3)CC2)c(C(F)(F)F)c1. The van der Waals surface area contributed by atoms with Crippen LogP contribution in [-0.2, 0) is 16.2 Å². The van der Waals surface area contributed by atoms with E-state index in [1.165, 1.54) is 28.7 Å². The van der Waals surface area contributed by atoms with Crippen LogP contribution < -0.4 is 9.21 Å². The van der Waals surface area contributed by atoms with Crippen LogP contribution in [-0.4, -0.2) is 62.7 Å². The van der Waals surface area contributed by atoms with Gasteiger partial charge in [-0.3, -0.25) is 9.10 Å². The van der Waals surface area contributed by atoms with E-state index in [1.54, 1.807) is 22.8 Å². The topological polar surface area (TPSA) is 73.8 Å². The molecule has 0 spiro atoms. The number of anilines is 2. The molecule has 2 fully saturated rings. The number of rotatable bonds is 3. The van der Waals surface area contributed by atoms with Crippen molar-refractivity contribution < 1.29 is 26.4 Å². The van der Waals surface area contributed by atoms with Crippen molar-refractivity contribution in [2.24, 2.45) is 0 Å². The molecule has 2 aliphatic rings. The first-order valence-electron chi connectivity index (χ1n) is 10.2. The van der Waals surface area contributed by atoms with Gasteiger partial charge in [0.05, 0.1) is 16.9 Å². The number of sulfonamides is 1. The van der Waals surface area contributed by atoms with Gasteiger partial charge in [0.15, 0.2) is 0 Å². The third kappa shape index (κ3) is 4.38. The Morgan fingerprint density at radius 1 is 1.03 bits per heavy atom. The summed E-state index contributed by atoms with van der Waals surface area (Å²) in [6.07, 6.45) is -2.57. The van der Waals surface area contributed by atoms with Crippen LogP contribution in [0.1, 0.15) is 27.9 Å². The fraction of sp³-hybridized carbons (Fsp3) is 0.429. The van der Waals surface area contributed by atoms with E-state index in [1.807, 2.05) is 0 Å². The number of halogens is 3. The van der Waals surface area contributed by atoms with Crippen LogP contribution >= 0.6 is 0 Å². The van der Waals surface area contributed by atoms with Gasteiger partial charge >= 0.3 is 6.18 Å². The summed E-state index contributed by atoms with van der Waals surface area (Å²) < 4.78 is 65.7. The third-order valence-corrected chi connectivity index (χ3v) is 7.56. The molecule has 0 radical (unpaired) electrons. The first-order valence-corrected chi connectivity index (χ1v) is 11.9. The molecule has 4 rings (SSSR count). The standard InChI is InChI=1S/C21H23F3N4O3S/c1-15-3-5-18(17(13-15)21(22,23)24)26-8-10-27(11-9-26)20(29)16-4-6-19(25-14-16)28-7-2-12-32(28,30)31/h3-6,13-14H,2,7-12H2,1H3. The van der Waals surface area contributed by atoms with E-state index in [-0.39, 0.29) is 49.3 Å². The third-order valence-electron chi connectivity index (χ3n) is 5.71. The van der Waals surface area contributed by atoms with E-state index in [4.69, 9.17) is 0 Å². The molecule has 0 N–H and O–H groups in total. The molecule has 32 heavy (non-hydrogen) atoms. The number of alkyl halides is 3. The van der Waals surface area contributed by atoms with Crippen LogP contribution in [0.5, 0.6) is 0 Å². The van der Waals surface area contributed by atoms with Gasteiger partial charge in [0.1, 0.15) is 5.82 Å².